The van der Waals surface area contributed by atoms with Gasteiger partial charge in [-0.2, -0.15) is 4.98 Å². The molecule has 1 aromatic heterocycles. The summed E-state index contributed by atoms with van der Waals surface area (Å²) in [5, 5.41) is 11.1. The van der Waals surface area contributed by atoms with Gasteiger partial charge in [-0.05, 0) is 25.0 Å². The number of aromatic nitrogens is 2. The van der Waals surface area contributed by atoms with Crippen LogP contribution >= 0.6 is 11.6 Å². The van der Waals surface area contributed by atoms with Crippen LogP contribution in [0.5, 0.6) is 0 Å². The molecule has 0 saturated heterocycles. The Balaban J connectivity index is 1.58. The molecule has 1 heterocycles. The lowest BCUT2D eigenvalue weighted by atomic mass is 9.84. The molecule has 156 valence electrons. The maximum absolute atomic E-state index is 12.7. The smallest absolute Gasteiger partial charge is 0.246 e. The molecule has 1 aromatic carbocycles. The van der Waals surface area contributed by atoms with Gasteiger partial charge in [0.05, 0.1) is 12.0 Å². The van der Waals surface area contributed by atoms with E-state index in [4.69, 9.17) is 16.1 Å². The quantitative estimate of drug-likeness (QED) is 0.553. The van der Waals surface area contributed by atoms with Crippen molar-refractivity contribution in [2.75, 3.05) is 27.7 Å². The number of nitrogens with one attached hydrogen (secondary N) is 2. The van der Waals surface area contributed by atoms with E-state index in [1.165, 1.54) is 0 Å². The second kappa shape index (κ2) is 9.26. The van der Waals surface area contributed by atoms with E-state index in [-0.39, 0.29) is 11.3 Å². The zero-order valence-corrected chi connectivity index (χ0v) is 17.8. The lowest BCUT2D eigenvalue weighted by molar-refractivity contribution is -0.138. The molecule has 1 aliphatic carbocycles. The van der Waals surface area contributed by atoms with Crippen LogP contribution in [-0.2, 0) is 11.3 Å². The Hall–Kier alpha value is -2.61. The zero-order valence-electron chi connectivity index (χ0n) is 17.0. The number of hydrogen-bond donors (Lipinski definition) is 2. The van der Waals surface area contributed by atoms with Crippen LogP contribution in [0.1, 0.15) is 31.6 Å². The summed E-state index contributed by atoms with van der Waals surface area (Å²) in [6, 6.07) is 7.29. The maximum Gasteiger partial charge on any atom is 0.246 e. The second-order valence-corrected chi connectivity index (χ2v) is 7.92. The van der Waals surface area contributed by atoms with E-state index in [0.717, 1.165) is 31.2 Å². The van der Waals surface area contributed by atoms with Crippen molar-refractivity contribution in [3.8, 4) is 11.4 Å². The first kappa shape index (κ1) is 21.1. The number of halogens is 1. The fourth-order valence-electron chi connectivity index (χ4n) is 3.70. The van der Waals surface area contributed by atoms with Crippen molar-refractivity contribution in [1.29, 1.82) is 0 Å². The topological polar surface area (TPSA) is 95.6 Å². The van der Waals surface area contributed by atoms with Gasteiger partial charge in [0.15, 0.2) is 5.96 Å². The number of guanidine groups is 1. The van der Waals surface area contributed by atoms with Crippen LogP contribution in [-0.4, -0.2) is 54.6 Å². The number of benzene rings is 1. The molecule has 2 N–H and O–H groups in total. The molecule has 1 fully saturated rings. The Labute approximate surface area is 175 Å². The first-order valence-corrected chi connectivity index (χ1v) is 10.1. The summed E-state index contributed by atoms with van der Waals surface area (Å²) in [7, 11) is 5.31. The van der Waals surface area contributed by atoms with E-state index in [9.17, 15) is 4.79 Å². The molecule has 8 nitrogen and oxygen atoms in total. The van der Waals surface area contributed by atoms with Gasteiger partial charge in [0, 0.05) is 38.3 Å². The van der Waals surface area contributed by atoms with Crippen molar-refractivity contribution in [2.24, 2.45) is 10.4 Å². The number of hydrogen-bond acceptors (Lipinski definition) is 5. The van der Waals surface area contributed by atoms with Crippen LogP contribution in [0.25, 0.3) is 11.4 Å². The molecule has 2 aromatic rings. The van der Waals surface area contributed by atoms with Gasteiger partial charge in [0.25, 0.3) is 0 Å². The molecule has 1 saturated carbocycles. The average molecular weight is 419 g/mol. The third-order valence-corrected chi connectivity index (χ3v) is 5.43. The summed E-state index contributed by atoms with van der Waals surface area (Å²) in [5.41, 5.74) is 0.422. The van der Waals surface area contributed by atoms with Crippen LogP contribution < -0.4 is 10.6 Å². The Bertz CT molecular complexity index is 873. The van der Waals surface area contributed by atoms with Crippen LogP contribution in [0.2, 0.25) is 5.02 Å². The molecule has 9 heteroatoms. The zero-order chi connectivity index (χ0) is 20.9. The highest BCUT2D eigenvalue weighted by Crippen LogP contribution is 2.38. The highest BCUT2D eigenvalue weighted by Gasteiger charge is 2.42. The molecule has 1 amide bonds. The highest BCUT2D eigenvalue weighted by atomic mass is 35.5. The number of amides is 1. The lowest BCUT2D eigenvalue weighted by Gasteiger charge is -2.31. The van der Waals surface area contributed by atoms with E-state index in [1.807, 2.05) is 26.2 Å². The number of carbonyl (C=O) groups excluding carboxylic acids is 1. The Kier molecular flexibility index (Phi) is 6.74. The SMILES string of the molecule is CN=C(NCc1nc(-c2cccc(Cl)c2)no1)NCC1(C(=O)N(C)C)CCCC1. The standard InChI is InChI=1S/C20H27ClN6O2/c1-22-19(24-13-20(9-4-5-10-20)18(28)27(2)3)23-12-16-25-17(26-29-16)14-7-6-8-15(21)11-14/h6-8,11H,4-5,9-10,12-13H2,1-3H3,(H2,22,23,24). The second-order valence-electron chi connectivity index (χ2n) is 7.49. The number of aliphatic imine (C=N–C) groups is 1. The fourth-order valence-corrected chi connectivity index (χ4v) is 3.89. The summed E-state index contributed by atoms with van der Waals surface area (Å²) in [6.07, 6.45) is 3.92. The first-order chi connectivity index (χ1) is 13.9. The minimum Gasteiger partial charge on any atom is -0.355 e. The highest BCUT2D eigenvalue weighted by molar-refractivity contribution is 6.30. The van der Waals surface area contributed by atoms with Gasteiger partial charge in [-0.3, -0.25) is 9.79 Å². The Morgan fingerprint density at radius 1 is 1.31 bits per heavy atom. The van der Waals surface area contributed by atoms with Gasteiger partial charge in [0.2, 0.25) is 17.6 Å². The number of carbonyl (C=O) groups is 1. The summed E-state index contributed by atoms with van der Waals surface area (Å²) in [5.74, 6) is 1.67. The molecule has 0 spiro atoms. The molecule has 1 aliphatic rings. The molecule has 0 bridgehead atoms. The summed E-state index contributed by atoms with van der Waals surface area (Å²) >= 11 is 6.02. The molecular formula is C20H27ClN6O2. The molecule has 3 rings (SSSR count). The van der Waals surface area contributed by atoms with E-state index in [1.54, 1.807) is 24.1 Å². The van der Waals surface area contributed by atoms with Gasteiger partial charge in [-0.1, -0.05) is 41.7 Å². The largest absolute Gasteiger partial charge is 0.355 e. The molecular weight excluding hydrogens is 392 g/mol. The van der Waals surface area contributed by atoms with Gasteiger partial charge in [-0.15, -0.1) is 0 Å². The molecule has 0 aliphatic heterocycles. The fraction of sp³-hybridized carbons (Fsp3) is 0.500. The molecule has 0 atom stereocenters. The van der Waals surface area contributed by atoms with Crippen molar-refractivity contribution < 1.29 is 9.32 Å². The Morgan fingerprint density at radius 2 is 2.07 bits per heavy atom. The predicted molar refractivity (Wildman–Crippen MR) is 113 cm³/mol. The van der Waals surface area contributed by atoms with Crippen molar-refractivity contribution >= 4 is 23.5 Å². The average Bonchev–Trinajstić information content (AvgIpc) is 3.38. The lowest BCUT2D eigenvalue weighted by Crippen LogP contribution is -2.49. The van der Waals surface area contributed by atoms with Crippen LogP contribution in [0, 0.1) is 5.41 Å². The van der Waals surface area contributed by atoms with Crippen LogP contribution in [0.4, 0.5) is 0 Å². The maximum atomic E-state index is 12.7. The van der Waals surface area contributed by atoms with Crippen molar-refractivity contribution in [2.45, 2.75) is 32.2 Å². The van der Waals surface area contributed by atoms with Crippen molar-refractivity contribution in [3.63, 3.8) is 0 Å². The van der Waals surface area contributed by atoms with Crippen molar-refractivity contribution in [3.05, 3.63) is 35.2 Å². The summed E-state index contributed by atoms with van der Waals surface area (Å²) in [6.45, 7) is 0.864. The third kappa shape index (κ3) is 5.06. The van der Waals surface area contributed by atoms with E-state index >= 15 is 0 Å². The van der Waals surface area contributed by atoms with Crippen molar-refractivity contribution in [1.82, 2.24) is 25.7 Å². The van der Waals surface area contributed by atoms with Gasteiger partial charge in [-0.25, -0.2) is 0 Å². The summed E-state index contributed by atoms with van der Waals surface area (Å²) < 4.78 is 5.31. The van der Waals surface area contributed by atoms with Gasteiger partial charge < -0.3 is 20.1 Å². The Morgan fingerprint density at radius 3 is 2.72 bits per heavy atom. The summed E-state index contributed by atoms with van der Waals surface area (Å²) in [4.78, 5) is 23.0. The minimum atomic E-state index is -0.370. The van der Waals surface area contributed by atoms with Crippen LogP contribution in [0.15, 0.2) is 33.8 Å². The van der Waals surface area contributed by atoms with E-state index in [2.05, 4.69) is 25.8 Å². The third-order valence-electron chi connectivity index (χ3n) is 5.20. The molecule has 0 unspecified atom stereocenters. The van der Waals surface area contributed by atoms with E-state index in [0.29, 0.717) is 35.8 Å². The predicted octanol–water partition coefficient (Wildman–Crippen LogP) is 2.70. The number of nitrogens with zero attached hydrogens (tertiary/aromatic N) is 4. The van der Waals surface area contributed by atoms with Gasteiger partial charge in [0.1, 0.15) is 0 Å². The molecule has 29 heavy (non-hydrogen) atoms. The van der Waals surface area contributed by atoms with E-state index < -0.39 is 0 Å². The monoisotopic (exact) mass is 418 g/mol. The normalized spacial score (nSPS) is 15.9. The number of rotatable bonds is 6. The minimum absolute atomic E-state index is 0.168. The van der Waals surface area contributed by atoms with Crippen LogP contribution in [0.3, 0.4) is 0 Å². The first-order valence-electron chi connectivity index (χ1n) is 9.68. The molecule has 0 radical (unpaired) electrons. The van der Waals surface area contributed by atoms with Gasteiger partial charge >= 0.3 is 0 Å².